The number of hydrogen-bond acceptors (Lipinski definition) is 2. The van der Waals surface area contributed by atoms with Crippen LogP contribution in [0.3, 0.4) is 0 Å². The molecule has 0 aliphatic carbocycles. The first kappa shape index (κ1) is 19.4. The standard InChI is InChI=1S/C24H30N2O/c1-19(2)22(18-27-3)25-24(21-14-8-5-9-15-21)26-17-11-10-16-23(26)20-12-6-4-7-13-20/h4-9,11-15,17,19,22-23H,10,16,18H2,1-3H3/t22-,23+/m1/s1. The molecule has 0 saturated carbocycles. The van der Waals surface area contributed by atoms with Gasteiger partial charge in [-0.3, -0.25) is 4.99 Å². The number of ether oxygens (including phenoxy) is 1. The van der Waals surface area contributed by atoms with E-state index in [2.05, 4.69) is 91.7 Å². The molecule has 142 valence electrons. The highest BCUT2D eigenvalue weighted by atomic mass is 16.5. The number of amidine groups is 1. The largest absolute Gasteiger partial charge is 0.382 e. The first-order valence-electron chi connectivity index (χ1n) is 9.82. The fraction of sp³-hybridized carbons (Fsp3) is 0.375. The molecule has 2 aromatic carbocycles. The molecule has 3 heteroatoms. The summed E-state index contributed by atoms with van der Waals surface area (Å²) in [5.74, 6) is 1.43. The van der Waals surface area contributed by atoms with Crippen molar-refractivity contribution in [3.05, 3.63) is 84.1 Å². The maximum absolute atomic E-state index is 5.46. The Hall–Kier alpha value is -2.39. The van der Waals surface area contributed by atoms with Crippen LogP contribution in [0.4, 0.5) is 0 Å². The minimum Gasteiger partial charge on any atom is -0.382 e. The number of methoxy groups -OCH3 is 1. The number of aliphatic imine (C=N–C) groups is 1. The fourth-order valence-electron chi connectivity index (χ4n) is 3.49. The van der Waals surface area contributed by atoms with Crippen molar-refractivity contribution < 1.29 is 4.74 Å². The summed E-state index contributed by atoms with van der Waals surface area (Å²) in [4.78, 5) is 7.55. The average molecular weight is 363 g/mol. The second-order valence-corrected chi connectivity index (χ2v) is 7.38. The Kier molecular flexibility index (Phi) is 6.83. The van der Waals surface area contributed by atoms with Crippen LogP contribution in [-0.2, 0) is 4.74 Å². The van der Waals surface area contributed by atoms with E-state index in [0.717, 1.165) is 24.2 Å². The molecule has 2 atom stereocenters. The van der Waals surface area contributed by atoms with E-state index >= 15 is 0 Å². The maximum atomic E-state index is 5.46. The van der Waals surface area contributed by atoms with Crippen LogP contribution < -0.4 is 0 Å². The van der Waals surface area contributed by atoms with Crippen LogP contribution >= 0.6 is 0 Å². The highest BCUT2D eigenvalue weighted by Gasteiger charge is 2.26. The van der Waals surface area contributed by atoms with Crippen molar-refractivity contribution >= 4 is 5.84 Å². The lowest BCUT2D eigenvalue weighted by Crippen LogP contribution is -2.35. The van der Waals surface area contributed by atoms with Gasteiger partial charge in [0, 0.05) is 18.9 Å². The number of nitrogens with zero attached hydrogens (tertiary/aromatic N) is 2. The maximum Gasteiger partial charge on any atom is 0.135 e. The molecule has 2 aromatic rings. The van der Waals surface area contributed by atoms with Gasteiger partial charge in [0.15, 0.2) is 0 Å². The molecule has 0 aromatic heterocycles. The Balaban J connectivity index is 2.05. The van der Waals surface area contributed by atoms with Gasteiger partial charge in [-0.2, -0.15) is 0 Å². The smallest absolute Gasteiger partial charge is 0.135 e. The van der Waals surface area contributed by atoms with E-state index in [0.29, 0.717) is 18.6 Å². The summed E-state index contributed by atoms with van der Waals surface area (Å²) in [6.07, 6.45) is 6.63. The van der Waals surface area contributed by atoms with E-state index in [1.54, 1.807) is 7.11 Å². The normalized spacial score (nSPS) is 18.7. The zero-order valence-corrected chi connectivity index (χ0v) is 16.6. The summed E-state index contributed by atoms with van der Waals surface area (Å²) in [5, 5.41) is 0. The van der Waals surface area contributed by atoms with Crippen molar-refractivity contribution in [3.63, 3.8) is 0 Å². The molecule has 1 heterocycles. The van der Waals surface area contributed by atoms with Gasteiger partial charge >= 0.3 is 0 Å². The van der Waals surface area contributed by atoms with Gasteiger partial charge in [0.05, 0.1) is 18.7 Å². The molecule has 0 fully saturated rings. The van der Waals surface area contributed by atoms with Gasteiger partial charge in [0.1, 0.15) is 5.84 Å². The lowest BCUT2D eigenvalue weighted by Gasteiger charge is -2.35. The van der Waals surface area contributed by atoms with Gasteiger partial charge in [-0.1, -0.05) is 80.6 Å². The minimum absolute atomic E-state index is 0.122. The first-order valence-corrected chi connectivity index (χ1v) is 9.82. The Labute approximate surface area is 163 Å². The average Bonchev–Trinajstić information content (AvgIpc) is 2.72. The summed E-state index contributed by atoms with van der Waals surface area (Å²) in [6, 6.07) is 21.7. The summed E-state index contributed by atoms with van der Waals surface area (Å²) in [7, 11) is 1.75. The van der Waals surface area contributed by atoms with Crippen LogP contribution in [0.2, 0.25) is 0 Å². The Morgan fingerprint density at radius 2 is 1.74 bits per heavy atom. The summed E-state index contributed by atoms with van der Waals surface area (Å²) in [5.41, 5.74) is 2.48. The molecule has 1 aliphatic rings. The summed E-state index contributed by atoms with van der Waals surface area (Å²) in [6.45, 7) is 5.04. The van der Waals surface area contributed by atoms with Crippen molar-refractivity contribution in [3.8, 4) is 0 Å². The van der Waals surface area contributed by atoms with Crippen LogP contribution in [-0.4, -0.2) is 30.5 Å². The first-order chi connectivity index (χ1) is 13.2. The zero-order chi connectivity index (χ0) is 19.1. The molecule has 0 unspecified atom stereocenters. The molecule has 0 saturated heterocycles. The molecule has 0 radical (unpaired) electrons. The highest BCUT2D eigenvalue weighted by Crippen LogP contribution is 2.32. The Morgan fingerprint density at radius 3 is 2.37 bits per heavy atom. The van der Waals surface area contributed by atoms with Crippen molar-refractivity contribution in [1.82, 2.24) is 4.90 Å². The lowest BCUT2D eigenvalue weighted by atomic mass is 9.96. The van der Waals surface area contributed by atoms with E-state index in [1.165, 1.54) is 5.56 Å². The van der Waals surface area contributed by atoms with Crippen LogP contribution in [0.5, 0.6) is 0 Å². The summed E-state index contributed by atoms with van der Waals surface area (Å²) >= 11 is 0. The second kappa shape index (κ2) is 9.52. The number of rotatable bonds is 6. The minimum atomic E-state index is 0.122. The molecular weight excluding hydrogens is 332 g/mol. The van der Waals surface area contributed by atoms with Gasteiger partial charge in [0.2, 0.25) is 0 Å². The Bertz CT molecular complexity index is 752. The van der Waals surface area contributed by atoms with Crippen molar-refractivity contribution in [2.45, 2.75) is 38.8 Å². The predicted octanol–water partition coefficient (Wildman–Crippen LogP) is 5.46. The lowest BCUT2D eigenvalue weighted by molar-refractivity contribution is 0.164. The summed E-state index contributed by atoms with van der Waals surface area (Å²) < 4.78 is 5.46. The van der Waals surface area contributed by atoms with Gasteiger partial charge in [-0.15, -0.1) is 0 Å². The highest BCUT2D eigenvalue weighted by molar-refractivity contribution is 5.99. The van der Waals surface area contributed by atoms with Crippen LogP contribution in [0, 0.1) is 5.92 Å². The quantitative estimate of drug-likeness (QED) is 0.504. The zero-order valence-electron chi connectivity index (χ0n) is 16.6. The van der Waals surface area contributed by atoms with Crippen molar-refractivity contribution in [1.29, 1.82) is 0 Å². The van der Waals surface area contributed by atoms with E-state index in [9.17, 15) is 0 Å². The van der Waals surface area contributed by atoms with Gasteiger partial charge in [-0.25, -0.2) is 0 Å². The van der Waals surface area contributed by atoms with Crippen LogP contribution in [0.25, 0.3) is 0 Å². The number of hydrogen-bond donors (Lipinski definition) is 0. The van der Waals surface area contributed by atoms with Gasteiger partial charge in [0.25, 0.3) is 0 Å². The SMILES string of the molecule is COC[C@@H](N=C(c1ccccc1)N1C=CCC[C@H]1c1ccccc1)C(C)C. The second-order valence-electron chi connectivity index (χ2n) is 7.38. The van der Waals surface area contributed by atoms with E-state index in [4.69, 9.17) is 9.73 Å². The number of allylic oxidation sites excluding steroid dienone is 1. The molecule has 27 heavy (non-hydrogen) atoms. The molecule has 0 spiro atoms. The molecule has 3 nitrogen and oxygen atoms in total. The molecule has 0 bridgehead atoms. The molecule has 0 N–H and O–H groups in total. The molecule has 1 aliphatic heterocycles. The van der Waals surface area contributed by atoms with E-state index in [1.807, 2.05) is 0 Å². The van der Waals surface area contributed by atoms with E-state index < -0.39 is 0 Å². The van der Waals surface area contributed by atoms with E-state index in [-0.39, 0.29) is 6.04 Å². The molecular formula is C24H30N2O. The predicted molar refractivity (Wildman–Crippen MR) is 113 cm³/mol. The number of benzene rings is 2. The third kappa shape index (κ3) is 4.86. The van der Waals surface area contributed by atoms with Crippen molar-refractivity contribution in [2.75, 3.05) is 13.7 Å². The third-order valence-corrected chi connectivity index (χ3v) is 5.06. The van der Waals surface area contributed by atoms with Gasteiger partial charge in [-0.05, 0) is 24.3 Å². The van der Waals surface area contributed by atoms with Crippen LogP contribution in [0.1, 0.15) is 43.9 Å². The molecule has 3 rings (SSSR count). The van der Waals surface area contributed by atoms with Crippen LogP contribution in [0.15, 0.2) is 77.9 Å². The Morgan fingerprint density at radius 1 is 1.07 bits per heavy atom. The van der Waals surface area contributed by atoms with Gasteiger partial charge < -0.3 is 9.64 Å². The fourth-order valence-corrected chi connectivity index (χ4v) is 3.49. The topological polar surface area (TPSA) is 24.8 Å². The monoisotopic (exact) mass is 362 g/mol. The third-order valence-electron chi connectivity index (χ3n) is 5.06. The molecule has 0 amide bonds. The van der Waals surface area contributed by atoms with Crippen molar-refractivity contribution in [2.24, 2.45) is 10.9 Å².